The zero-order chi connectivity index (χ0) is 11.4. The van der Waals surface area contributed by atoms with Crippen molar-refractivity contribution in [2.24, 2.45) is 5.73 Å². The van der Waals surface area contributed by atoms with E-state index in [1.807, 2.05) is 6.92 Å². The van der Waals surface area contributed by atoms with Gasteiger partial charge < -0.3 is 19.9 Å². The van der Waals surface area contributed by atoms with Gasteiger partial charge in [0.25, 0.3) is 0 Å². The highest BCUT2D eigenvalue weighted by molar-refractivity contribution is 4.47. The summed E-state index contributed by atoms with van der Waals surface area (Å²) in [5.41, 5.74) is 5.28. The summed E-state index contributed by atoms with van der Waals surface area (Å²) in [5, 5.41) is 0. The zero-order valence-corrected chi connectivity index (χ0v) is 10.0. The van der Waals surface area contributed by atoms with Crippen molar-refractivity contribution in [1.82, 2.24) is 0 Å². The maximum absolute atomic E-state index is 5.48. The maximum atomic E-state index is 5.48. The van der Waals surface area contributed by atoms with Gasteiger partial charge in [-0.3, -0.25) is 0 Å². The fourth-order valence-electron chi connectivity index (χ4n) is 1.04. The van der Waals surface area contributed by atoms with E-state index in [1.165, 1.54) is 6.42 Å². The summed E-state index contributed by atoms with van der Waals surface area (Å²) < 4.78 is 16.1. The van der Waals surface area contributed by atoms with E-state index >= 15 is 0 Å². The SMILES string of the molecule is CCCCOCC(C)OCCOCCN. The molecule has 0 aliphatic rings. The molecule has 92 valence electrons. The van der Waals surface area contributed by atoms with Crippen molar-refractivity contribution in [3.8, 4) is 0 Å². The number of rotatable bonds is 11. The van der Waals surface area contributed by atoms with Gasteiger partial charge in [-0.05, 0) is 13.3 Å². The first-order chi connectivity index (χ1) is 7.31. The Labute approximate surface area is 93.1 Å². The lowest BCUT2D eigenvalue weighted by Gasteiger charge is -2.13. The second-order valence-corrected chi connectivity index (χ2v) is 3.51. The molecule has 0 aromatic carbocycles. The number of ether oxygens (including phenoxy) is 3. The largest absolute Gasteiger partial charge is 0.379 e. The number of hydrogen-bond donors (Lipinski definition) is 1. The third-order valence-corrected chi connectivity index (χ3v) is 1.89. The molecule has 0 radical (unpaired) electrons. The molecule has 0 rings (SSSR count). The highest BCUT2D eigenvalue weighted by atomic mass is 16.5. The summed E-state index contributed by atoms with van der Waals surface area (Å²) in [6, 6.07) is 0. The number of unbranched alkanes of at least 4 members (excludes halogenated alkanes) is 1. The Morgan fingerprint density at radius 1 is 1.07 bits per heavy atom. The standard InChI is InChI=1S/C11H25NO3/c1-3-4-6-14-10-11(2)15-9-8-13-7-5-12/h11H,3-10,12H2,1-2H3. The fraction of sp³-hybridized carbons (Fsp3) is 1.00. The van der Waals surface area contributed by atoms with Crippen LogP contribution in [-0.2, 0) is 14.2 Å². The molecule has 0 aliphatic carbocycles. The molecule has 0 bridgehead atoms. The van der Waals surface area contributed by atoms with E-state index in [2.05, 4.69) is 6.92 Å². The molecule has 4 heteroatoms. The van der Waals surface area contributed by atoms with E-state index in [4.69, 9.17) is 19.9 Å². The van der Waals surface area contributed by atoms with Gasteiger partial charge in [-0.15, -0.1) is 0 Å². The van der Waals surface area contributed by atoms with Crippen molar-refractivity contribution in [1.29, 1.82) is 0 Å². The van der Waals surface area contributed by atoms with Crippen LogP contribution < -0.4 is 5.73 Å². The summed E-state index contributed by atoms with van der Waals surface area (Å²) in [4.78, 5) is 0. The summed E-state index contributed by atoms with van der Waals surface area (Å²) in [6.07, 6.45) is 2.43. The lowest BCUT2D eigenvalue weighted by atomic mass is 10.3. The van der Waals surface area contributed by atoms with Crippen molar-refractivity contribution in [3.63, 3.8) is 0 Å². The van der Waals surface area contributed by atoms with Gasteiger partial charge in [-0.1, -0.05) is 13.3 Å². The van der Waals surface area contributed by atoms with Gasteiger partial charge >= 0.3 is 0 Å². The van der Waals surface area contributed by atoms with Crippen LogP contribution in [-0.4, -0.2) is 45.7 Å². The third-order valence-electron chi connectivity index (χ3n) is 1.89. The van der Waals surface area contributed by atoms with Crippen molar-refractivity contribution in [3.05, 3.63) is 0 Å². The lowest BCUT2D eigenvalue weighted by molar-refractivity contribution is -0.0292. The summed E-state index contributed by atoms with van der Waals surface area (Å²) in [6.45, 7) is 8.03. The molecule has 0 aromatic rings. The van der Waals surface area contributed by atoms with Gasteiger partial charge in [0.2, 0.25) is 0 Å². The molecule has 4 nitrogen and oxygen atoms in total. The van der Waals surface area contributed by atoms with Crippen LogP contribution in [0.15, 0.2) is 0 Å². The molecule has 2 N–H and O–H groups in total. The quantitative estimate of drug-likeness (QED) is 0.530. The second kappa shape index (κ2) is 11.9. The minimum absolute atomic E-state index is 0.142. The zero-order valence-electron chi connectivity index (χ0n) is 10.0. The minimum Gasteiger partial charge on any atom is -0.379 e. The summed E-state index contributed by atoms with van der Waals surface area (Å²) in [5.74, 6) is 0. The molecule has 15 heavy (non-hydrogen) atoms. The third kappa shape index (κ3) is 11.8. The highest BCUT2D eigenvalue weighted by Gasteiger charge is 2.01. The van der Waals surface area contributed by atoms with Crippen molar-refractivity contribution < 1.29 is 14.2 Å². The summed E-state index contributed by atoms with van der Waals surface area (Å²) >= 11 is 0. The smallest absolute Gasteiger partial charge is 0.0781 e. The van der Waals surface area contributed by atoms with E-state index in [9.17, 15) is 0 Å². The Morgan fingerprint density at radius 2 is 1.87 bits per heavy atom. The van der Waals surface area contributed by atoms with Crippen LogP contribution >= 0.6 is 0 Å². The predicted octanol–water partition coefficient (Wildman–Crippen LogP) is 1.18. The van der Waals surface area contributed by atoms with Crippen molar-refractivity contribution in [2.75, 3.05) is 39.6 Å². The van der Waals surface area contributed by atoms with Crippen molar-refractivity contribution >= 4 is 0 Å². The lowest BCUT2D eigenvalue weighted by Crippen LogP contribution is -2.20. The Hall–Kier alpha value is -0.160. The van der Waals surface area contributed by atoms with E-state index in [1.54, 1.807) is 0 Å². The maximum Gasteiger partial charge on any atom is 0.0781 e. The first-order valence-electron chi connectivity index (χ1n) is 5.78. The van der Waals surface area contributed by atoms with Crippen LogP contribution in [0.4, 0.5) is 0 Å². The van der Waals surface area contributed by atoms with E-state index in [0.29, 0.717) is 33.0 Å². The molecule has 0 saturated carbocycles. The molecule has 1 atom stereocenters. The van der Waals surface area contributed by atoms with E-state index in [-0.39, 0.29) is 6.10 Å². The van der Waals surface area contributed by atoms with Gasteiger partial charge in [0.05, 0.1) is 32.5 Å². The Morgan fingerprint density at radius 3 is 2.53 bits per heavy atom. The van der Waals surface area contributed by atoms with Crippen LogP contribution in [0.25, 0.3) is 0 Å². The van der Waals surface area contributed by atoms with Crippen LogP contribution in [0.3, 0.4) is 0 Å². The van der Waals surface area contributed by atoms with Crippen LogP contribution in [0, 0.1) is 0 Å². The van der Waals surface area contributed by atoms with Crippen LogP contribution in [0.5, 0.6) is 0 Å². The Bertz CT molecular complexity index is 122. The highest BCUT2D eigenvalue weighted by Crippen LogP contribution is 1.94. The van der Waals surface area contributed by atoms with E-state index < -0.39 is 0 Å². The molecular weight excluding hydrogens is 194 g/mol. The molecule has 0 spiro atoms. The normalized spacial score (nSPS) is 13.0. The number of nitrogens with two attached hydrogens (primary N) is 1. The molecule has 0 aliphatic heterocycles. The summed E-state index contributed by atoms with van der Waals surface area (Å²) in [7, 11) is 0. The second-order valence-electron chi connectivity index (χ2n) is 3.51. The average molecular weight is 219 g/mol. The molecule has 0 fully saturated rings. The monoisotopic (exact) mass is 219 g/mol. The van der Waals surface area contributed by atoms with Gasteiger partial charge in [-0.2, -0.15) is 0 Å². The van der Waals surface area contributed by atoms with Gasteiger partial charge in [0.1, 0.15) is 0 Å². The van der Waals surface area contributed by atoms with Crippen molar-refractivity contribution in [2.45, 2.75) is 32.8 Å². The van der Waals surface area contributed by atoms with Gasteiger partial charge in [0.15, 0.2) is 0 Å². The van der Waals surface area contributed by atoms with E-state index in [0.717, 1.165) is 13.0 Å². The van der Waals surface area contributed by atoms with Crippen LogP contribution in [0.2, 0.25) is 0 Å². The molecule has 0 aromatic heterocycles. The Balaban J connectivity index is 3.08. The number of hydrogen-bond acceptors (Lipinski definition) is 4. The average Bonchev–Trinajstić information content (AvgIpc) is 2.24. The molecule has 1 unspecified atom stereocenters. The minimum atomic E-state index is 0.142. The fourth-order valence-corrected chi connectivity index (χ4v) is 1.04. The molecular formula is C11H25NO3. The first-order valence-corrected chi connectivity index (χ1v) is 5.78. The molecule has 0 saturated heterocycles. The van der Waals surface area contributed by atoms with Gasteiger partial charge in [-0.25, -0.2) is 0 Å². The topological polar surface area (TPSA) is 53.7 Å². The first kappa shape index (κ1) is 14.8. The van der Waals surface area contributed by atoms with Crippen LogP contribution in [0.1, 0.15) is 26.7 Å². The Kier molecular flexibility index (Phi) is 11.8. The molecule has 0 heterocycles. The molecule has 0 amide bonds. The van der Waals surface area contributed by atoms with Gasteiger partial charge in [0, 0.05) is 13.2 Å². The predicted molar refractivity (Wildman–Crippen MR) is 61.0 cm³/mol.